The normalized spacial score (nSPS) is 16.6. The summed E-state index contributed by atoms with van der Waals surface area (Å²) in [7, 11) is 0. The molecule has 0 bridgehead atoms. The van der Waals surface area contributed by atoms with Gasteiger partial charge in [0.15, 0.2) is 0 Å². The lowest BCUT2D eigenvalue weighted by atomic mass is 10.0. The van der Waals surface area contributed by atoms with E-state index in [0.29, 0.717) is 23.4 Å². The molecule has 0 aliphatic carbocycles. The molecule has 3 heterocycles. The van der Waals surface area contributed by atoms with Crippen LogP contribution in [-0.4, -0.2) is 34.2 Å². The molecule has 0 saturated heterocycles. The number of anilines is 1. The Kier molecular flexibility index (Phi) is 4.71. The van der Waals surface area contributed by atoms with Gasteiger partial charge in [-0.2, -0.15) is 0 Å². The summed E-state index contributed by atoms with van der Waals surface area (Å²) < 4.78 is 0. The number of rotatable bonds is 5. The highest BCUT2D eigenvalue weighted by atomic mass is 16.2. The number of nitrogens with one attached hydrogen (secondary N) is 1. The Bertz CT molecular complexity index is 1180. The number of hydrogen-bond donors (Lipinski definition) is 1. The summed E-state index contributed by atoms with van der Waals surface area (Å²) in [6, 6.07) is 20.0. The standard InChI is InChI=1S/C24H20N4O3/c29-21(26-15-16-7-5-6-13-25-16)12-14-27-22-17-8-1-2-9-18(17)24(31)28(22)20-11-4-3-10-19(20)23(27)30/h1-11,13,22H,12,14-15H2,(H,26,29)/t22-/m0/s1. The van der Waals surface area contributed by atoms with Gasteiger partial charge < -0.3 is 10.2 Å². The second-order valence-corrected chi connectivity index (χ2v) is 7.50. The zero-order valence-electron chi connectivity index (χ0n) is 16.7. The molecule has 0 fully saturated rings. The number of carbonyl (C=O) groups excluding carboxylic acids is 3. The van der Waals surface area contributed by atoms with Crippen LogP contribution in [0.5, 0.6) is 0 Å². The molecule has 3 amide bonds. The molecule has 2 aliphatic heterocycles. The van der Waals surface area contributed by atoms with Gasteiger partial charge in [0.2, 0.25) is 5.91 Å². The highest BCUT2D eigenvalue weighted by Crippen LogP contribution is 2.45. The first-order valence-electron chi connectivity index (χ1n) is 10.1. The van der Waals surface area contributed by atoms with E-state index in [1.165, 1.54) is 0 Å². The molecule has 2 aliphatic rings. The molecule has 31 heavy (non-hydrogen) atoms. The van der Waals surface area contributed by atoms with Crippen molar-refractivity contribution >= 4 is 23.4 Å². The fourth-order valence-corrected chi connectivity index (χ4v) is 4.20. The van der Waals surface area contributed by atoms with Gasteiger partial charge in [-0.3, -0.25) is 24.3 Å². The molecule has 0 radical (unpaired) electrons. The number of para-hydroxylation sites is 1. The van der Waals surface area contributed by atoms with Crippen molar-refractivity contribution in [1.82, 2.24) is 15.2 Å². The minimum Gasteiger partial charge on any atom is -0.350 e. The topological polar surface area (TPSA) is 82.6 Å². The monoisotopic (exact) mass is 412 g/mol. The zero-order valence-corrected chi connectivity index (χ0v) is 16.7. The van der Waals surface area contributed by atoms with Crippen LogP contribution >= 0.6 is 0 Å². The summed E-state index contributed by atoms with van der Waals surface area (Å²) in [5, 5.41) is 2.84. The molecule has 1 atom stereocenters. The van der Waals surface area contributed by atoms with Gasteiger partial charge in [0.1, 0.15) is 6.17 Å². The van der Waals surface area contributed by atoms with Crippen LogP contribution in [0, 0.1) is 0 Å². The molecular weight excluding hydrogens is 392 g/mol. The van der Waals surface area contributed by atoms with Gasteiger partial charge in [-0.15, -0.1) is 0 Å². The van der Waals surface area contributed by atoms with Gasteiger partial charge in [-0.25, -0.2) is 0 Å². The molecule has 2 aromatic carbocycles. The third-order valence-electron chi connectivity index (χ3n) is 5.66. The highest BCUT2D eigenvalue weighted by molar-refractivity contribution is 6.16. The average Bonchev–Trinajstić information content (AvgIpc) is 3.11. The van der Waals surface area contributed by atoms with Crippen molar-refractivity contribution in [3.05, 3.63) is 95.3 Å². The van der Waals surface area contributed by atoms with E-state index in [1.807, 2.05) is 42.5 Å². The van der Waals surface area contributed by atoms with Crippen LogP contribution in [0.3, 0.4) is 0 Å². The van der Waals surface area contributed by atoms with Gasteiger partial charge in [-0.05, 0) is 30.3 Å². The molecule has 3 aromatic rings. The van der Waals surface area contributed by atoms with E-state index in [0.717, 1.165) is 11.3 Å². The number of fused-ring (bicyclic) bond motifs is 5. The predicted octanol–water partition coefficient (Wildman–Crippen LogP) is 2.90. The van der Waals surface area contributed by atoms with Crippen molar-refractivity contribution in [2.24, 2.45) is 0 Å². The van der Waals surface area contributed by atoms with Gasteiger partial charge in [0.25, 0.3) is 11.8 Å². The van der Waals surface area contributed by atoms with Crippen LogP contribution in [-0.2, 0) is 11.3 Å². The highest BCUT2D eigenvalue weighted by Gasteiger charge is 2.47. The molecular formula is C24H20N4O3. The van der Waals surface area contributed by atoms with Crippen LogP contribution in [0.25, 0.3) is 0 Å². The lowest BCUT2D eigenvalue weighted by molar-refractivity contribution is -0.121. The maximum atomic E-state index is 13.3. The van der Waals surface area contributed by atoms with Gasteiger partial charge in [0, 0.05) is 30.3 Å². The average molecular weight is 412 g/mol. The Balaban J connectivity index is 1.39. The first kappa shape index (κ1) is 19.0. The number of hydrogen-bond acceptors (Lipinski definition) is 4. The van der Waals surface area contributed by atoms with Crippen molar-refractivity contribution in [2.45, 2.75) is 19.1 Å². The number of benzene rings is 2. The third kappa shape index (κ3) is 3.24. The molecule has 7 heteroatoms. The van der Waals surface area contributed by atoms with Crippen LogP contribution in [0.1, 0.15) is 44.6 Å². The summed E-state index contributed by atoms with van der Waals surface area (Å²) in [5.41, 5.74) is 3.20. The third-order valence-corrected chi connectivity index (χ3v) is 5.66. The summed E-state index contributed by atoms with van der Waals surface area (Å²) >= 11 is 0. The molecule has 7 nitrogen and oxygen atoms in total. The maximum Gasteiger partial charge on any atom is 0.260 e. The predicted molar refractivity (Wildman–Crippen MR) is 114 cm³/mol. The molecule has 0 saturated carbocycles. The van der Waals surface area contributed by atoms with Gasteiger partial charge >= 0.3 is 0 Å². The number of pyridine rings is 1. The lowest BCUT2D eigenvalue weighted by Crippen LogP contribution is -2.49. The summed E-state index contributed by atoms with van der Waals surface area (Å²) in [4.78, 5) is 46.4. The van der Waals surface area contributed by atoms with E-state index in [2.05, 4.69) is 10.3 Å². The Hall–Kier alpha value is -4.00. The molecule has 1 aromatic heterocycles. The Morgan fingerprint density at radius 3 is 2.45 bits per heavy atom. The molecule has 154 valence electrons. The van der Waals surface area contributed by atoms with E-state index in [4.69, 9.17) is 0 Å². The molecule has 5 rings (SSSR count). The van der Waals surface area contributed by atoms with Crippen LogP contribution in [0.15, 0.2) is 72.9 Å². The first-order valence-corrected chi connectivity index (χ1v) is 10.1. The fraction of sp³-hybridized carbons (Fsp3) is 0.167. The van der Waals surface area contributed by atoms with Crippen molar-refractivity contribution in [1.29, 1.82) is 0 Å². The van der Waals surface area contributed by atoms with Crippen LogP contribution in [0.4, 0.5) is 5.69 Å². The summed E-state index contributed by atoms with van der Waals surface area (Å²) in [6.45, 7) is 0.525. The lowest BCUT2D eigenvalue weighted by Gasteiger charge is -2.40. The number of aromatic nitrogens is 1. The quantitative estimate of drug-likeness (QED) is 0.699. The van der Waals surface area contributed by atoms with Crippen molar-refractivity contribution in [2.75, 3.05) is 11.4 Å². The minimum absolute atomic E-state index is 0.126. The van der Waals surface area contributed by atoms with Crippen LogP contribution < -0.4 is 10.2 Å². The van der Waals surface area contributed by atoms with Gasteiger partial charge in [0.05, 0.1) is 23.5 Å². The van der Waals surface area contributed by atoms with E-state index < -0.39 is 6.17 Å². The molecule has 0 spiro atoms. The Labute approximate surface area is 179 Å². The summed E-state index contributed by atoms with van der Waals surface area (Å²) in [5.74, 6) is -0.495. The summed E-state index contributed by atoms with van der Waals surface area (Å²) in [6.07, 6.45) is 1.25. The molecule has 1 N–H and O–H groups in total. The van der Waals surface area contributed by atoms with Crippen molar-refractivity contribution < 1.29 is 14.4 Å². The first-order chi connectivity index (χ1) is 15.1. The van der Waals surface area contributed by atoms with E-state index in [-0.39, 0.29) is 30.7 Å². The van der Waals surface area contributed by atoms with Crippen LogP contribution in [0.2, 0.25) is 0 Å². The fourth-order valence-electron chi connectivity index (χ4n) is 4.20. The number of carbonyl (C=O) groups is 3. The van der Waals surface area contributed by atoms with E-state index in [9.17, 15) is 14.4 Å². The maximum absolute atomic E-state index is 13.3. The zero-order chi connectivity index (χ0) is 21.4. The Morgan fingerprint density at radius 1 is 0.903 bits per heavy atom. The molecule has 0 unspecified atom stereocenters. The van der Waals surface area contributed by atoms with Crippen molar-refractivity contribution in [3.63, 3.8) is 0 Å². The second kappa shape index (κ2) is 7.68. The van der Waals surface area contributed by atoms with Crippen molar-refractivity contribution in [3.8, 4) is 0 Å². The number of nitrogens with zero attached hydrogens (tertiary/aromatic N) is 3. The van der Waals surface area contributed by atoms with E-state index in [1.54, 1.807) is 40.3 Å². The van der Waals surface area contributed by atoms with E-state index >= 15 is 0 Å². The van der Waals surface area contributed by atoms with Gasteiger partial charge in [-0.1, -0.05) is 36.4 Å². The Morgan fingerprint density at radius 2 is 1.65 bits per heavy atom. The minimum atomic E-state index is -0.547. The number of amides is 3. The smallest absolute Gasteiger partial charge is 0.260 e. The second-order valence-electron chi connectivity index (χ2n) is 7.50. The SMILES string of the molecule is O=C(CCN1C(=O)c2ccccc2N2C(=O)c3ccccc3[C@@H]12)NCc1ccccn1. The largest absolute Gasteiger partial charge is 0.350 e.